The molecule has 1 atom stereocenters. The molecule has 0 aliphatic heterocycles. The first-order valence-electron chi connectivity index (χ1n) is 6.92. The second kappa shape index (κ2) is 9.54. The number of aliphatic carboxylic acids is 1. The summed E-state index contributed by atoms with van der Waals surface area (Å²) < 4.78 is 0. The Kier molecular flexibility index (Phi) is 7.71. The lowest BCUT2D eigenvalue weighted by atomic mass is 10.2. The first-order chi connectivity index (χ1) is 11.0. The maximum Gasteiger partial charge on any atom is 0.326 e. The van der Waals surface area contributed by atoms with E-state index in [0.717, 1.165) is 5.69 Å². The SMILES string of the molecule is CSCCC(NC(=O)/C(C#N)=C\N(C)c1ccccc1)C(=O)O. The second-order valence-electron chi connectivity index (χ2n) is 4.75. The number of para-hydroxylation sites is 1. The lowest BCUT2D eigenvalue weighted by molar-refractivity contribution is -0.141. The molecule has 1 rings (SSSR count). The summed E-state index contributed by atoms with van der Waals surface area (Å²) in [5.41, 5.74) is 0.664. The largest absolute Gasteiger partial charge is 0.480 e. The van der Waals surface area contributed by atoms with Gasteiger partial charge in [0.05, 0.1) is 0 Å². The minimum absolute atomic E-state index is 0.147. The highest BCUT2D eigenvalue weighted by molar-refractivity contribution is 7.98. The minimum Gasteiger partial charge on any atom is -0.480 e. The quantitative estimate of drug-likeness (QED) is 0.557. The van der Waals surface area contributed by atoms with Crippen molar-refractivity contribution >= 4 is 29.3 Å². The van der Waals surface area contributed by atoms with Crippen LogP contribution in [0.2, 0.25) is 0 Å². The molecule has 1 unspecified atom stereocenters. The van der Waals surface area contributed by atoms with Gasteiger partial charge in [0.2, 0.25) is 0 Å². The molecular weight excluding hydrogens is 314 g/mol. The van der Waals surface area contributed by atoms with E-state index in [9.17, 15) is 9.59 Å². The zero-order valence-corrected chi connectivity index (χ0v) is 13.8. The van der Waals surface area contributed by atoms with Crippen LogP contribution in [0.25, 0.3) is 0 Å². The molecule has 6 nitrogen and oxygen atoms in total. The highest BCUT2D eigenvalue weighted by Crippen LogP contribution is 2.12. The number of amides is 1. The molecule has 2 N–H and O–H groups in total. The van der Waals surface area contributed by atoms with Crippen LogP contribution in [0.1, 0.15) is 6.42 Å². The van der Waals surface area contributed by atoms with Gasteiger partial charge in [-0.2, -0.15) is 17.0 Å². The van der Waals surface area contributed by atoms with E-state index >= 15 is 0 Å². The van der Waals surface area contributed by atoms with Crippen LogP contribution in [0.5, 0.6) is 0 Å². The highest BCUT2D eigenvalue weighted by Gasteiger charge is 2.21. The van der Waals surface area contributed by atoms with Gasteiger partial charge in [0.25, 0.3) is 5.91 Å². The molecule has 0 aromatic heterocycles. The van der Waals surface area contributed by atoms with Crippen molar-refractivity contribution in [2.45, 2.75) is 12.5 Å². The fourth-order valence-electron chi connectivity index (χ4n) is 1.80. The van der Waals surface area contributed by atoms with Crippen LogP contribution < -0.4 is 10.2 Å². The number of hydrogen-bond acceptors (Lipinski definition) is 5. The predicted molar refractivity (Wildman–Crippen MR) is 91.1 cm³/mol. The van der Waals surface area contributed by atoms with Gasteiger partial charge in [-0.25, -0.2) is 4.79 Å². The molecule has 122 valence electrons. The third-order valence-corrected chi connectivity index (χ3v) is 3.71. The molecule has 0 bridgehead atoms. The van der Waals surface area contributed by atoms with E-state index < -0.39 is 17.9 Å². The number of nitrogens with one attached hydrogen (secondary N) is 1. The summed E-state index contributed by atoms with van der Waals surface area (Å²) >= 11 is 1.49. The normalized spacial score (nSPS) is 12.1. The Morgan fingerprint density at radius 3 is 2.61 bits per heavy atom. The number of carboxylic acid groups (broad SMARTS) is 1. The van der Waals surface area contributed by atoms with Gasteiger partial charge in [-0.1, -0.05) is 18.2 Å². The van der Waals surface area contributed by atoms with Crippen molar-refractivity contribution in [3.63, 3.8) is 0 Å². The third-order valence-electron chi connectivity index (χ3n) is 3.07. The fraction of sp³-hybridized carbons (Fsp3) is 0.312. The Hall–Kier alpha value is -2.46. The van der Waals surface area contributed by atoms with Crippen molar-refractivity contribution in [1.29, 1.82) is 5.26 Å². The monoisotopic (exact) mass is 333 g/mol. The smallest absolute Gasteiger partial charge is 0.326 e. The van der Waals surface area contributed by atoms with Gasteiger partial charge in [0.15, 0.2) is 0 Å². The zero-order chi connectivity index (χ0) is 17.2. The third kappa shape index (κ3) is 6.04. The predicted octanol–water partition coefficient (Wildman–Crippen LogP) is 1.85. The van der Waals surface area contributed by atoms with Crippen molar-refractivity contribution in [2.75, 3.05) is 24.0 Å². The van der Waals surface area contributed by atoms with Gasteiger partial charge < -0.3 is 15.3 Å². The summed E-state index contributed by atoms with van der Waals surface area (Å²) in [5, 5.41) is 20.7. The molecule has 0 heterocycles. The van der Waals surface area contributed by atoms with E-state index in [-0.39, 0.29) is 5.57 Å². The van der Waals surface area contributed by atoms with Crippen LogP contribution in [0, 0.1) is 11.3 Å². The Morgan fingerprint density at radius 2 is 2.09 bits per heavy atom. The van der Waals surface area contributed by atoms with Crippen LogP contribution >= 0.6 is 11.8 Å². The van der Waals surface area contributed by atoms with E-state index in [1.165, 1.54) is 18.0 Å². The van der Waals surface area contributed by atoms with Crippen LogP contribution in [0.15, 0.2) is 42.1 Å². The maximum atomic E-state index is 12.1. The maximum absolute atomic E-state index is 12.1. The molecule has 1 aromatic carbocycles. The Labute approximate surface area is 139 Å². The van der Waals surface area contributed by atoms with Crippen LogP contribution in [-0.2, 0) is 9.59 Å². The number of rotatable bonds is 8. The number of thioether (sulfide) groups is 1. The molecule has 0 saturated heterocycles. The number of nitriles is 1. The Morgan fingerprint density at radius 1 is 1.43 bits per heavy atom. The lowest BCUT2D eigenvalue weighted by Crippen LogP contribution is -2.42. The minimum atomic E-state index is -1.11. The van der Waals surface area contributed by atoms with Crippen molar-refractivity contribution in [2.24, 2.45) is 0 Å². The Bertz CT molecular complexity index is 611. The first-order valence-corrected chi connectivity index (χ1v) is 8.31. The molecule has 23 heavy (non-hydrogen) atoms. The molecule has 0 aliphatic rings. The average Bonchev–Trinajstić information content (AvgIpc) is 2.56. The van der Waals surface area contributed by atoms with Gasteiger partial charge >= 0.3 is 5.97 Å². The number of carbonyl (C=O) groups is 2. The molecule has 0 aliphatic carbocycles. The summed E-state index contributed by atoms with van der Waals surface area (Å²) in [6.07, 6.45) is 3.55. The van der Waals surface area contributed by atoms with E-state index in [1.54, 1.807) is 11.9 Å². The number of hydrogen-bond donors (Lipinski definition) is 2. The van der Waals surface area contributed by atoms with Gasteiger partial charge in [-0.05, 0) is 30.6 Å². The summed E-state index contributed by atoms with van der Waals surface area (Å²) in [7, 11) is 1.71. The fourth-order valence-corrected chi connectivity index (χ4v) is 2.27. The van der Waals surface area contributed by atoms with Crippen LogP contribution in [-0.4, -0.2) is 42.1 Å². The van der Waals surface area contributed by atoms with Gasteiger partial charge in [-0.3, -0.25) is 4.79 Å². The lowest BCUT2D eigenvalue weighted by Gasteiger charge is -2.16. The van der Waals surface area contributed by atoms with E-state index in [0.29, 0.717) is 12.2 Å². The average molecular weight is 333 g/mol. The van der Waals surface area contributed by atoms with Crippen molar-refractivity contribution in [3.8, 4) is 6.07 Å². The van der Waals surface area contributed by atoms with Gasteiger partial charge in [0.1, 0.15) is 17.7 Å². The number of anilines is 1. The van der Waals surface area contributed by atoms with Crippen molar-refractivity contribution in [1.82, 2.24) is 5.32 Å². The molecule has 1 aromatic rings. The van der Waals surface area contributed by atoms with Gasteiger partial charge in [0, 0.05) is 18.9 Å². The van der Waals surface area contributed by atoms with Gasteiger partial charge in [-0.15, -0.1) is 0 Å². The molecule has 0 radical (unpaired) electrons. The molecule has 0 saturated carbocycles. The molecular formula is C16H19N3O3S. The second-order valence-corrected chi connectivity index (χ2v) is 5.73. The highest BCUT2D eigenvalue weighted by atomic mass is 32.2. The summed E-state index contributed by atoms with van der Waals surface area (Å²) in [6, 6.07) is 10.0. The molecule has 0 spiro atoms. The molecule has 0 fully saturated rings. The van der Waals surface area contributed by atoms with Crippen molar-refractivity contribution < 1.29 is 14.7 Å². The summed E-state index contributed by atoms with van der Waals surface area (Å²) in [6.45, 7) is 0. The molecule has 7 heteroatoms. The summed E-state index contributed by atoms with van der Waals surface area (Å²) in [5.74, 6) is -1.20. The van der Waals surface area contributed by atoms with E-state index in [1.807, 2.05) is 42.7 Å². The Balaban J connectivity index is 2.83. The number of carboxylic acids is 1. The molecule has 1 amide bonds. The van der Waals surface area contributed by atoms with E-state index in [4.69, 9.17) is 10.4 Å². The topological polar surface area (TPSA) is 93.4 Å². The number of benzene rings is 1. The first kappa shape index (κ1) is 18.6. The van der Waals surface area contributed by atoms with E-state index in [2.05, 4.69) is 5.32 Å². The van der Waals surface area contributed by atoms with Crippen LogP contribution in [0.3, 0.4) is 0 Å². The zero-order valence-electron chi connectivity index (χ0n) is 13.0. The van der Waals surface area contributed by atoms with Crippen molar-refractivity contribution in [3.05, 3.63) is 42.1 Å². The van der Waals surface area contributed by atoms with Crippen LogP contribution in [0.4, 0.5) is 5.69 Å². The number of nitrogens with zero attached hydrogens (tertiary/aromatic N) is 2. The summed E-state index contributed by atoms with van der Waals surface area (Å²) in [4.78, 5) is 24.9. The standard InChI is InChI=1S/C16H19N3O3S/c1-19(13-6-4-3-5-7-13)11-12(10-17)15(20)18-14(16(21)22)8-9-23-2/h3-7,11,14H,8-9H2,1-2H3,(H,18,20)(H,21,22)/b12-11-. The number of carbonyl (C=O) groups excluding carboxylic acids is 1.